The van der Waals surface area contributed by atoms with Gasteiger partial charge in [-0.2, -0.15) is 0 Å². The van der Waals surface area contributed by atoms with Crippen LogP contribution in [-0.4, -0.2) is 0 Å². The van der Waals surface area contributed by atoms with Crippen LogP contribution in [0.4, 0.5) is 0 Å². The van der Waals surface area contributed by atoms with E-state index >= 15 is 0 Å². The van der Waals surface area contributed by atoms with Crippen molar-refractivity contribution in [3.8, 4) is 0 Å². The molecule has 24 heavy (non-hydrogen) atoms. The van der Waals surface area contributed by atoms with Gasteiger partial charge in [0, 0.05) is 0 Å². The summed E-state index contributed by atoms with van der Waals surface area (Å²) in [5.41, 5.74) is 1.50. The highest BCUT2D eigenvalue weighted by atomic mass is 79.9. The first-order valence-electron chi connectivity index (χ1n) is 10.6. The Labute approximate surface area is 164 Å². The summed E-state index contributed by atoms with van der Waals surface area (Å²) < 4.78 is 1.34. The van der Waals surface area contributed by atoms with Crippen LogP contribution in [0.3, 0.4) is 0 Å². The maximum atomic E-state index is 3.63. The van der Waals surface area contributed by atoms with Gasteiger partial charge in [0.2, 0.25) is 0 Å². The molecular weight excluding hydrogens is 376 g/mol. The normalized spacial score (nSPS) is 11.2. The number of hydrogen-bond acceptors (Lipinski definition) is 1. The molecule has 1 aromatic heterocycles. The van der Waals surface area contributed by atoms with Crippen molar-refractivity contribution in [2.24, 2.45) is 0 Å². The van der Waals surface area contributed by atoms with Crippen molar-refractivity contribution in [2.75, 3.05) is 0 Å². The number of aryl methyl sites for hydroxylation is 1. The first-order chi connectivity index (χ1) is 11.8. The lowest BCUT2D eigenvalue weighted by atomic mass is 10.0. The zero-order chi connectivity index (χ0) is 17.3. The van der Waals surface area contributed by atoms with Gasteiger partial charge in [-0.15, -0.1) is 11.3 Å². The van der Waals surface area contributed by atoms with E-state index in [4.69, 9.17) is 0 Å². The Morgan fingerprint density at radius 2 is 1.08 bits per heavy atom. The summed E-state index contributed by atoms with van der Waals surface area (Å²) in [4.78, 5) is 0. The highest BCUT2D eigenvalue weighted by molar-refractivity contribution is 9.11. The van der Waals surface area contributed by atoms with Gasteiger partial charge in [-0.05, 0) is 45.8 Å². The lowest BCUT2D eigenvalue weighted by molar-refractivity contribution is 0.529. The summed E-state index contributed by atoms with van der Waals surface area (Å²) in [5.74, 6) is 0. The quantitative estimate of drug-likeness (QED) is 0.222. The molecule has 0 saturated heterocycles. The van der Waals surface area contributed by atoms with Crippen molar-refractivity contribution in [3.05, 3.63) is 20.8 Å². The topological polar surface area (TPSA) is 0 Å². The van der Waals surface area contributed by atoms with Gasteiger partial charge in [0.1, 0.15) is 0 Å². The molecule has 0 bridgehead atoms. The molecule has 0 nitrogen and oxygen atoms in total. The highest BCUT2D eigenvalue weighted by Gasteiger charge is 2.00. The minimum Gasteiger partial charge on any atom is -0.137 e. The van der Waals surface area contributed by atoms with Crippen LogP contribution in [0.5, 0.6) is 0 Å². The van der Waals surface area contributed by atoms with Gasteiger partial charge in [0.15, 0.2) is 0 Å². The second-order valence-electron chi connectivity index (χ2n) is 7.27. The number of rotatable bonds is 17. The first-order valence-corrected chi connectivity index (χ1v) is 12.2. The molecular formula is C22H39BrS. The molecule has 140 valence electrons. The first kappa shape index (κ1) is 22.2. The molecule has 0 fully saturated rings. The summed E-state index contributed by atoms with van der Waals surface area (Å²) in [6.07, 6.45) is 24.4. The molecule has 0 aliphatic heterocycles. The number of thiophene rings is 1. The van der Waals surface area contributed by atoms with Crippen LogP contribution in [-0.2, 0) is 6.42 Å². The minimum atomic E-state index is 1.25. The van der Waals surface area contributed by atoms with E-state index in [2.05, 4.69) is 34.3 Å². The van der Waals surface area contributed by atoms with Crippen molar-refractivity contribution in [3.63, 3.8) is 0 Å². The Morgan fingerprint density at radius 3 is 1.46 bits per heavy atom. The van der Waals surface area contributed by atoms with E-state index in [1.807, 2.05) is 11.3 Å². The van der Waals surface area contributed by atoms with Gasteiger partial charge in [-0.1, -0.05) is 103 Å². The molecule has 0 amide bonds. The van der Waals surface area contributed by atoms with Gasteiger partial charge in [0.25, 0.3) is 0 Å². The van der Waals surface area contributed by atoms with Gasteiger partial charge in [0.05, 0.1) is 3.79 Å². The molecule has 0 radical (unpaired) electrons. The fourth-order valence-electron chi connectivity index (χ4n) is 3.36. The second-order valence-corrected chi connectivity index (χ2v) is 9.51. The molecule has 1 heterocycles. The summed E-state index contributed by atoms with van der Waals surface area (Å²) in [5, 5.41) is 2.19. The molecule has 1 rings (SSSR count). The smallest absolute Gasteiger partial charge is 0.0730 e. The zero-order valence-corrected chi connectivity index (χ0v) is 18.4. The maximum absolute atomic E-state index is 3.63. The maximum Gasteiger partial charge on any atom is 0.0730 e. The molecule has 0 aliphatic rings. The third-order valence-electron chi connectivity index (χ3n) is 4.99. The molecule has 0 atom stereocenters. The molecule has 0 N–H and O–H groups in total. The van der Waals surface area contributed by atoms with E-state index in [1.165, 1.54) is 119 Å². The largest absolute Gasteiger partial charge is 0.137 e. The Bertz CT molecular complexity index is 372. The lowest BCUT2D eigenvalue weighted by Gasteiger charge is -2.03. The van der Waals surface area contributed by atoms with Crippen molar-refractivity contribution in [1.82, 2.24) is 0 Å². The SMILES string of the molecule is CCCCCCCCCCCCCCCCCCc1ccsc1Br. The fourth-order valence-corrected chi connectivity index (χ4v) is 4.69. The van der Waals surface area contributed by atoms with Crippen molar-refractivity contribution < 1.29 is 0 Å². The average molecular weight is 416 g/mol. The van der Waals surface area contributed by atoms with Crippen LogP contribution in [0.2, 0.25) is 0 Å². The summed E-state index contributed by atoms with van der Waals surface area (Å²) in [7, 11) is 0. The molecule has 0 unspecified atom stereocenters. The molecule has 0 saturated carbocycles. The molecule has 0 aromatic carbocycles. The highest BCUT2D eigenvalue weighted by Crippen LogP contribution is 2.25. The van der Waals surface area contributed by atoms with Gasteiger partial charge in [-0.25, -0.2) is 0 Å². The summed E-state index contributed by atoms with van der Waals surface area (Å²) >= 11 is 5.44. The van der Waals surface area contributed by atoms with Crippen molar-refractivity contribution in [1.29, 1.82) is 0 Å². The van der Waals surface area contributed by atoms with E-state index in [1.54, 1.807) is 0 Å². The average Bonchev–Trinajstić information content (AvgIpc) is 2.99. The third-order valence-corrected chi connectivity index (χ3v) is 6.80. The monoisotopic (exact) mass is 414 g/mol. The Balaban J connectivity index is 1.71. The zero-order valence-electron chi connectivity index (χ0n) is 16.0. The van der Waals surface area contributed by atoms with Crippen LogP contribution >= 0.6 is 27.3 Å². The lowest BCUT2D eigenvalue weighted by Crippen LogP contribution is -1.85. The Kier molecular flexibility index (Phi) is 15.4. The molecule has 0 aliphatic carbocycles. The minimum absolute atomic E-state index is 1.25. The van der Waals surface area contributed by atoms with Crippen LogP contribution < -0.4 is 0 Å². The molecule has 2 heteroatoms. The van der Waals surface area contributed by atoms with Gasteiger partial charge < -0.3 is 0 Å². The number of halogens is 1. The molecule has 0 spiro atoms. The van der Waals surface area contributed by atoms with Crippen LogP contribution in [0, 0.1) is 0 Å². The predicted molar refractivity (Wildman–Crippen MR) is 115 cm³/mol. The summed E-state index contributed by atoms with van der Waals surface area (Å²) in [6, 6.07) is 2.26. The molecule has 1 aromatic rings. The fraction of sp³-hybridized carbons (Fsp3) is 0.818. The van der Waals surface area contributed by atoms with Crippen LogP contribution in [0.1, 0.15) is 115 Å². The van der Waals surface area contributed by atoms with E-state index in [9.17, 15) is 0 Å². The Hall–Kier alpha value is 0.180. The van der Waals surface area contributed by atoms with Crippen LogP contribution in [0.25, 0.3) is 0 Å². The number of unbranched alkanes of at least 4 members (excludes halogenated alkanes) is 15. The number of hydrogen-bond donors (Lipinski definition) is 0. The standard InChI is InChI=1S/C22H39BrS/c1-2-3-4-5-6-7-8-9-10-11-12-13-14-15-16-17-18-21-19-20-24-22(21)23/h19-20H,2-18H2,1H3. The van der Waals surface area contributed by atoms with E-state index in [0.717, 1.165) is 0 Å². The van der Waals surface area contributed by atoms with E-state index in [-0.39, 0.29) is 0 Å². The van der Waals surface area contributed by atoms with E-state index < -0.39 is 0 Å². The van der Waals surface area contributed by atoms with Crippen molar-refractivity contribution in [2.45, 2.75) is 116 Å². The predicted octanol–water partition coefficient (Wildman–Crippen LogP) is 9.31. The van der Waals surface area contributed by atoms with Crippen molar-refractivity contribution >= 4 is 27.3 Å². The van der Waals surface area contributed by atoms with Gasteiger partial charge >= 0.3 is 0 Å². The Morgan fingerprint density at radius 1 is 0.667 bits per heavy atom. The third kappa shape index (κ3) is 12.5. The van der Waals surface area contributed by atoms with Gasteiger partial charge in [-0.3, -0.25) is 0 Å². The summed E-state index contributed by atoms with van der Waals surface area (Å²) in [6.45, 7) is 2.30. The van der Waals surface area contributed by atoms with Crippen LogP contribution in [0.15, 0.2) is 15.2 Å². The van der Waals surface area contributed by atoms with E-state index in [0.29, 0.717) is 0 Å². The second kappa shape index (κ2) is 16.6.